The summed E-state index contributed by atoms with van der Waals surface area (Å²) in [5, 5.41) is 8.35. The summed E-state index contributed by atoms with van der Waals surface area (Å²) in [6, 6.07) is -0.271. The maximum Gasteiger partial charge on any atom is 0.320 e. The molecule has 0 aliphatic carbocycles. The maximum atomic E-state index is 11.2. The second-order valence-electron chi connectivity index (χ2n) is 3.39. The molecule has 0 spiro atoms. The van der Waals surface area contributed by atoms with Gasteiger partial charge in [0.2, 0.25) is 10.0 Å². The quantitative estimate of drug-likeness (QED) is 0.664. The van der Waals surface area contributed by atoms with Gasteiger partial charge in [0.15, 0.2) is 5.75 Å². The van der Waals surface area contributed by atoms with E-state index < -0.39 is 32.5 Å². The number of sulfonamides is 1. The van der Waals surface area contributed by atoms with Crippen LogP contribution in [0.1, 0.15) is 12.8 Å². The van der Waals surface area contributed by atoms with Crippen LogP contribution in [0.15, 0.2) is 0 Å². The van der Waals surface area contributed by atoms with Crippen molar-refractivity contribution < 1.29 is 22.5 Å². The monoisotopic (exact) mass is 255 g/mol. The molecular formula is C7H13NO5S2. The molecule has 0 aromatic heterocycles. The zero-order valence-electron chi connectivity index (χ0n) is 8.01. The molecule has 15 heavy (non-hydrogen) atoms. The van der Waals surface area contributed by atoms with E-state index in [1.54, 1.807) is 0 Å². The zero-order chi connectivity index (χ0) is 11.5. The fourth-order valence-corrected chi connectivity index (χ4v) is 3.82. The van der Waals surface area contributed by atoms with Gasteiger partial charge in [0.25, 0.3) is 0 Å². The molecule has 0 atom stereocenters. The van der Waals surface area contributed by atoms with E-state index in [9.17, 15) is 17.4 Å². The summed E-state index contributed by atoms with van der Waals surface area (Å²) in [5.74, 6) is -1.34. The summed E-state index contributed by atoms with van der Waals surface area (Å²) in [7, 11) is -4.60. The molecule has 1 aliphatic heterocycles. The Kier molecular flexibility index (Phi) is 4.23. The molecule has 1 rings (SSSR count). The number of hydrogen-bond acceptors (Lipinski definition) is 4. The number of carboxylic acid groups (broad SMARTS) is 1. The van der Waals surface area contributed by atoms with Crippen LogP contribution in [0.25, 0.3) is 0 Å². The van der Waals surface area contributed by atoms with Crippen molar-refractivity contribution in [3.63, 3.8) is 0 Å². The van der Waals surface area contributed by atoms with Crippen LogP contribution in [0.3, 0.4) is 0 Å². The summed E-state index contributed by atoms with van der Waals surface area (Å²) in [4.78, 5) is 10.2. The Morgan fingerprint density at radius 1 is 1.40 bits per heavy atom. The lowest BCUT2D eigenvalue weighted by Gasteiger charge is -2.21. The number of nitrogens with one attached hydrogen (secondary N) is 1. The minimum absolute atomic E-state index is 0.271. The van der Waals surface area contributed by atoms with E-state index in [1.165, 1.54) is 0 Å². The van der Waals surface area contributed by atoms with Gasteiger partial charge in [-0.05, 0) is 12.8 Å². The summed E-state index contributed by atoms with van der Waals surface area (Å²) >= 11 is 0. The fourth-order valence-electron chi connectivity index (χ4n) is 1.37. The van der Waals surface area contributed by atoms with Gasteiger partial charge in [-0.15, -0.1) is 0 Å². The third-order valence-corrected chi connectivity index (χ3v) is 4.75. The lowest BCUT2D eigenvalue weighted by atomic mass is 10.2. The molecular weight excluding hydrogens is 242 g/mol. The maximum absolute atomic E-state index is 11.2. The third kappa shape index (κ3) is 4.72. The molecule has 1 aliphatic rings. The van der Waals surface area contributed by atoms with E-state index in [0.717, 1.165) is 0 Å². The van der Waals surface area contributed by atoms with Crippen LogP contribution in [0.2, 0.25) is 0 Å². The van der Waals surface area contributed by atoms with E-state index >= 15 is 0 Å². The molecule has 6 nitrogen and oxygen atoms in total. The highest BCUT2D eigenvalue weighted by atomic mass is 32.2. The Hall–Kier alpha value is -0.470. The molecule has 0 saturated carbocycles. The van der Waals surface area contributed by atoms with Gasteiger partial charge >= 0.3 is 5.97 Å². The number of rotatable bonds is 4. The van der Waals surface area contributed by atoms with Crippen LogP contribution >= 0.6 is 0 Å². The molecule has 1 saturated heterocycles. The van der Waals surface area contributed by atoms with Gasteiger partial charge in [0, 0.05) is 28.3 Å². The Morgan fingerprint density at radius 2 is 1.93 bits per heavy atom. The molecule has 0 radical (unpaired) electrons. The summed E-state index contributed by atoms with van der Waals surface area (Å²) in [6.07, 6.45) is 1.01. The van der Waals surface area contributed by atoms with E-state index in [0.29, 0.717) is 24.3 Å². The highest BCUT2D eigenvalue weighted by Crippen LogP contribution is 2.10. The van der Waals surface area contributed by atoms with E-state index in [2.05, 4.69) is 4.72 Å². The zero-order valence-corrected chi connectivity index (χ0v) is 9.64. The van der Waals surface area contributed by atoms with Gasteiger partial charge < -0.3 is 5.11 Å². The standard InChI is InChI=1S/C7H13NO5S2/c9-7(10)5-15(12,13)8-6-1-3-14(11)4-2-6/h6,8H,1-5H2,(H,9,10). The van der Waals surface area contributed by atoms with Crippen LogP contribution in [0.4, 0.5) is 0 Å². The SMILES string of the molecule is O=C(O)CS(=O)(=O)NC1CCS(=O)CC1. The Morgan fingerprint density at radius 3 is 2.40 bits per heavy atom. The van der Waals surface area contributed by atoms with Crippen LogP contribution in [-0.2, 0) is 25.6 Å². The average molecular weight is 255 g/mol. The minimum atomic E-state index is -3.75. The number of carboxylic acids is 1. The van der Waals surface area contributed by atoms with Crippen molar-refractivity contribution in [1.82, 2.24) is 4.72 Å². The molecule has 1 heterocycles. The average Bonchev–Trinajstić information content (AvgIpc) is 2.06. The van der Waals surface area contributed by atoms with Gasteiger partial charge in [-0.25, -0.2) is 13.1 Å². The van der Waals surface area contributed by atoms with Crippen molar-refractivity contribution in [2.45, 2.75) is 18.9 Å². The van der Waals surface area contributed by atoms with Gasteiger partial charge in [-0.1, -0.05) is 0 Å². The lowest BCUT2D eigenvalue weighted by Crippen LogP contribution is -2.41. The van der Waals surface area contributed by atoms with E-state index in [4.69, 9.17) is 5.11 Å². The van der Waals surface area contributed by atoms with E-state index in [1.807, 2.05) is 0 Å². The molecule has 0 bridgehead atoms. The molecule has 0 unspecified atom stereocenters. The molecule has 88 valence electrons. The molecule has 0 aromatic rings. The Labute approximate surface area is 90.6 Å². The van der Waals surface area contributed by atoms with Crippen molar-refractivity contribution in [2.75, 3.05) is 17.3 Å². The van der Waals surface area contributed by atoms with E-state index in [-0.39, 0.29) is 6.04 Å². The molecule has 2 N–H and O–H groups in total. The first-order chi connectivity index (χ1) is 6.89. The van der Waals surface area contributed by atoms with Crippen LogP contribution in [0.5, 0.6) is 0 Å². The van der Waals surface area contributed by atoms with Crippen molar-refractivity contribution in [3.05, 3.63) is 0 Å². The molecule has 0 amide bonds. The fraction of sp³-hybridized carbons (Fsp3) is 0.857. The molecule has 0 aromatic carbocycles. The second kappa shape index (κ2) is 5.04. The van der Waals surface area contributed by atoms with Crippen LogP contribution in [-0.4, -0.2) is 47.0 Å². The smallest absolute Gasteiger partial charge is 0.320 e. The summed E-state index contributed by atoms with van der Waals surface area (Å²) in [5.41, 5.74) is 0. The van der Waals surface area contributed by atoms with Crippen molar-refractivity contribution in [3.8, 4) is 0 Å². The van der Waals surface area contributed by atoms with Crippen LogP contribution < -0.4 is 4.72 Å². The van der Waals surface area contributed by atoms with Crippen molar-refractivity contribution in [2.24, 2.45) is 0 Å². The van der Waals surface area contributed by atoms with Gasteiger partial charge in [-0.3, -0.25) is 9.00 Å². The summed E-state index contributed by atoms with van der Waals surface area (Å²) < 4.78 is 35.7. The topological polar surface area (TPSA) is 101 Å². The Balaban J connectivity index is 2.47. The van der Waals surface area contributed by atoms with Gasteiger partial charge in [0.1, 0.15) is 0 Å². The van der Waals surface area contributed by atoms with Crippen LogP contribution in [0, 0.1) is 0 Å². The Bertz CT molecular complexity index is 354. The first-order valence-electron chi connectivity index (χ1n) is 4.46. The minimum Gasteiger partial charge on any atom is -0.480 e. The predicted octanol–water partition coefficient (Wildman–Crippen LogP) is -1.10. The summed E-state index contributed by atoms with van der Waals surface area (Å²) in [6.45, 7) is 0. The number of aliphatic carboxylic acids is 1. The third-order valence-electron chi connectivity index (χ3n) is 2.05. The van der Waals surface area contributed by atoms with Gasteiger partial charge in [0.05, 0.1) is 0 Å². The molecule has 8 heteroatoms. The highest BCUT2D eigenvalue weighted by Gasteiger charge is 2.24. The first kappa shape index (κ1) is 12.6. The first-order valence-corrected chi connectivity index (χ1v) is 7.60. The van der Waals surface area contributed by atoms with Crippen molar-refractivity contribution >= 4 is 26.8 Å². The highest BCUT2D eigenvalue weighted by molar-refractivity contribution is 7.90. The van der Waals surface area contributed by atoms with Gasteiger partial charge in [-0.2, -0.15) is 0 Å². The van der Waals surface area contributed by atoms with Crippen molar-refractivity contribution in [1.29, 1.82) is 0 Å². The largest absolute Gasteiger partial charge is 0.480 e. The second-order valence-corrected chi connectivity index (χ2v) is 6.84. The normalized spacial score (nSPS) is 27.5. The number of carbonyl (C=O) groups is 1. The number of hydrogen-bond donors (Lipinski definition) is 2. The predicted molar refractivity (Wildman–Crippen MR) is 55.5 cm³/mol. The lowest BCUT2D eigenvalue weighted by molar-refractivity contribution is -0.134. The molecule has 1 fully saturated rings.